The predicted octanol–water partition coefficient (Wildman–Crippen LogP) is 2.75. The van der Waals surface area contributed by atoms with Gasteiger partial charge in [-0.3, -0.25) is 15.2 Å². The lowest BCUT2D eigenvalue weighted by Gasteiger charge is -2.09. The van der Waals surface area contributed by atoms with E-state index >= 15 is 0 Å². The number of carbonyl (C=O) groups is 1. The Morgan fingerprint density at radius 2 is 1.86 bits per heavy atom. The molecule has 1 amide bonds. The molecule has 8 nitrogen and oxygen atoms in total. The van der Waals surface area contributed by atoms with Crippen molar-refractivity contribution in [1.29, 1.82) is 0 Å². The van der Waals surface area contributed by atoms with Crippen molar-refractivity contribution >= 4 is 11.9 Å². The normalized spacial score (nSPS) is 12.9. The van der Waals surface area contributed by atoms with Crippen LogP contribution in [-0.4, -0.2) is 41.4 Å². The Balaban J connectivity index is 1.34. The summed E-state index contributed by atoms with van der Waals surface area (Å²) < 4.78 is 16.4. The van der Waals surface area contributed by atoms with E-state index in [0.29, 0.717) is 37.0 Å². The number of rotatable bonds is 6. The van der Waals surface area contributed by atoms with E-state index in [9.17, 15) is 4.79 Å². The number of hydrogen-bond acceptors (Lipinski definition) is 6. The van der Waals surface area contributed by atoms with Gasteiger partial charge in [0.1, 0.15) is 11.6 Å². The second kappa shape index (κ2) is 8.64. The van der Waals surface area contributed by atoms with Crippen LogP contribution in [0.5, 0.6) is 17.2 Å². The molecule has 2 N–H and O–H groups in total. The molecule has 0 atom stereocenters. The number of H-pyrrole nitrogens is 1. The van der Waals surface area contributed by atoms with Crippen LogP contribution in [0.15, 0.2) is 42.5 Å². The van der Waals surface area contributed by atoms with Gasteiger partial charge in [-0.2, -0.15) is 4.98 Å². The van der Waals surface area contributed by atoms with Crippen molar-refractivity contribution in [3.63, 3.8) is 0 Å². The van der Waals surface area contributed by atoms with Crippen molar-refractivity contribution in [3.05, 3.63) is 59.4 Å². The smallest absolute Gasteiger partial charge is 0.248 e. The van der Waals surface area contributed by atoms with Gasteiger partial charge in [0.2, 0.25) is 11.9 Å². The van der Waals surface area contributed by atoms with Gasteiger partial charge in [0.05, 0.1) is 26.7 Å². The van der Waals surface area contributed by atoms with E-state index < -0.39 is 0 Å². The van der Waals surface area contributed by atoms with Crippen LogP contribution in [0.25, 0.3) is 0 Å². The van der Waals surface area contributed by atoms with Gasteiger partial charge >= 0.3 is 0 Å². The second-order valence-corrected chi connectivity index (χ2v) is 6.69. The third-order valence-electron chi connectivity index (χ3n) is 4.49. The highest BCUT2D eigenvalue weighted by molar-refractivity contribution is 5.90. The first kappa shape index (κ1) is 18.8. The largest absolute Gasteiger partial charge is 0.497 e. The monoisotopic (exact) mass is 394 g/mol. The third-order valence-corrected chi connectivity index (χ3v) is 4.49. The number of fused-ring (bicyclic) bond motifs is 1. The van der Waals surface area contributed by atoms with Crippen LogP contribution in [0, 0.1) is 0 Å². The molecule has 0 fully saturated rings. The zero-order chi connectivity index (χ0) is 20.1. The zero-order valence-corrected chi connectivity index (χ0v) is 16.1. The molecule has 8 heteroatoms. The maximum Gasteiger partial charge on any atom is 0.248 e. The topological polar surface area (TPSA) is 98.4 Å². The number of hydrogen-bond donors (Lipinski definition) is 2. The van der Waals surface area contributed by atoms with Gasteiger partial charge in [0.25, 0.3) is 0 Å². The molecule has 0 saturated carbocycles. The van der Waals surface area contributed by atoms with E-state index in [2.05, 4.69) is 20.5 Å². The number of ether oxygens (including phenoxy) is 3. The van der Waals surface area contributed by atoms with Crippen LogP contribution in [0.1, 0.15) is 23.4 Å². The lowest BCUT2D eigenvalue weighted by atomic mass is 10.1. The molecule has 1 aliphatic heterocycles. The number of nitrogens with one attached hydrogen (secondary N) is 2. The molecule has 29 heavy (non-hydrogen) atoms. The Hall–Kier alpha value is -3.55. The molecule has 0 spiro atoms. The van der Waals surface area contributed by atoms with Crippen molar-refractivity contribution in [1.82, 2.24) is 15.2 Å². The maximum atomic E-state index is 12.4. The van der Waals surface area contributed by atoms with Gasteiger partial charge in [-0.1, -0.05) is 18.2 Å². The lowest BCUT2D eigenvalue weighted by molar-refractivity contribution is -0.115. The third kappa shape index (κ3) is 4.84. The SMILES string of the molecule is COc1ccc(Cc2nc(NC(=O)Cc3ccc4c(c3)OCCCO4)n[nH]2)cc1. The van der Waals surface area contributed by atoms with E-state index in [1.54, 1.807) is 7.11 Å². The van der Waals surface area contributed by atoms with E-state index in [0.717, 1.165) is 23.3 Å². The summed E-state index contributed by atoms with van der Waals surface area (Å²) >= 11 is 0. The Bertz CT molecular complexity index is 985. The first-order valence-corrected chi connectivity index (χ1v) is 9.42. The fraction of sp³-hybridized carbons (Fsp3) is 0.286. The molecule has 3 aromatic rings. The maximum absolute atomic E-state index is 12.4. The summed E-state index contributed by atoms with van der Waals surface area (Å²) in [5, 5.41) is 9.65. The van der Waals surface area contributed by atoms with Crippen LogP contribution in [0.3, 0.4) is 0 Å². The predicted molar refractivity (Wildman–Crippen MR) is 107 cm³/mol. The zero-order valence-electron chi connectivity index (χ0n) is 16.1. The summed E-state index contributed by atoms with van der Waals surface area (Å²) in [6, 6.07) is 13.2. The van der Waals surface area contributed by atoms with Crippen molar-refractivity contribution in [2.75, 3.05) is 25.6 Å². The number of aromatic nitrogens is 3. The van der Waals surface area contributed by atoms with Crippen molar-refractivity contribution in [2.45, 2.75) is 19.3 Å². The minimum Gasteiger partial charge on any atom is -0.497 e. The Morgan fingerprint density at radius 1 is 1.10 bits per heavy atom. The van der Waals surface area contributed by atoms with Gasteiger partial charge in [-0.05, 0) is 35.4 Å². The molecule has 150 valence electrons. The molecule has 0 bridgehead atoms. The number of benzene rings is 2. The highest BCUT2D eigenvalue weighted by Gasteiger charge is 2.13. The summed E-state index contributed by atoms with van der Waals surface area (Å²) in [7, 11) is 1.63. The van der Waals surface area contributed by atoms with E-state index in [1.807, 2.05) is 42.5 Å². The lowest BCUT2D eigenvalue weighted by Crippen LogP contribution is -2.15. The van der Waals surface area contributed by atoms with Gasteiger partial charge < -0.3 is 14.2 Å². The summed E-state index contributed by atoms with van der Waals surface area (Å²) in [6.07, 6.45) is 1.61. The molecule has 2 aromatic carbocycles. The minimum absolute atomic E-state index is 0.193. The Labute approximate surface area is 168 Å². The molecule has 0 unspecified atom stereocenters. The highest BCUT2D eigenvalue weighted by atomic mass is 16.5. The number of methoxy groups -OCH3 is 1. The van der Waals surface area contributed by atoms with Gasteiger partial charge in [0.15, 0.2) is 11.5 Å². The van der Waals surface area contributed by atoms with Crippen LogP contribution in [-0.2, 0) is 17.6 Å². The number of amides is 1. The van der Waals surface area contributed by atoms with Crippen molar-refractivity contribution in [3.8, 4) is 17.2 Å². The Kier molecular flexibility index (Phi) is 5.60. The van der Waals surface area contributed by atoms with Gasteiger partial charge in [-0.25, -0.2) is 0 Å². The van der Waals surface area contributed by atoms with E-state index in [1.165, 1.54) is 0 Å². The molecule has 2 heterocycles. The summed E-state index contributed by atoms with van der Waals surface area (Å²) in [4.78, 5) is 16.7. The highest BCUT2D eigenvalue weighted by Crippen LogP contribution is 2.30. The summed E-state index contributed by atoms with van der Waals surface area (Å²) in [5.74, 6) is 2.91. The molecule has 4 rings (SSSR count). The first-order chi connectivity index (χ1) is 14.2. The molecular formula is C21H22N4O4. The van der Waals surface area contributed by atoms with Crippen molar-refractivity contribution in [2.24, 2.45) is 0 Å². The average Bonchev–Trinajstić information content (AvgIpc) is 3.02. The average molecular weight is 394 g/mol. The molecule has 1 aliphatic rings. The number of nitrogens with zero attached hydrogens (tertiary/aromatic N) is 2. The number of aromatic amines is 1. The molecule has 1 aromatic heterocycles. The quantitative estimate of drug-likeness (QED) is 0.667. The molecule has 0 radical (unpaired) electrons. The van der Waals surface area contributed by atoms with Gasteiger partial charge in [0, 0.05) is 12.8 Å². The van der Waals surface area contributed by atoms with E-state index in [4.69, 9.17) is 14.2 Å². The van der Waals surface area contributed by atoms with E-state index in [-0.39, 0.29) is 18.3 Å². The fourth-order valence-corrected chi connectivity index (χ4v) is 3.04. The molecular weight excluding hydrogens is 372 g/mol. The van der Waals surface area contributed by atoms with Crippen LogP contribution < -0.4 is 19.5 Å². The Morgan fingerprint density at radius 3 is 2.66 bits per heavy atom. The van der Waals surface area contributed by atoms with Crippen LogP contribution >= 0.6 is 0 Å². The van der Waals surface area contributed by atoms with Crippen molar-refractivity contribution < 1.29 is 19.0 Å². The summed E-state index contributed by atoms with van der Waals surface area (Å²) in [5.41, 5.74) is 1.90. The standard InChI is InChI=1S/C21H22N4O4/c1-27-16-6-3-14(4-7-16)12-19-22-21(25-24-19)23-20(26)13-15-5-8-17-18(11-15)29-10-2-9-28-17/h3-8,11H,2,9-10,12-13H2,1H3,(H2,22,23,24,25,26). The van der Waals surface area contributed by atoms with Crippen LogP contribution in [0.4, 0.5) is 5.95 Å². The first-order valence-electron chi connectivity index (χ1n) is 9.42. The molecule has 0 saturated heterocycles. The molecule has 0 aliphatic carbocycles. The number of carbonyl (C=O) groups excluding carboxylic acids is 1. The summed E-state index contributed by atoms with van der Waals surface area (Å²) in [6.45, 7) is 1.24. The number of anilines is 1. The fourth-order valence-electron chi connectivity index (χ4n) is 3.04. The second-order valence-electron chi connectivity index (χ2n) is 6.69. The van der Waals surface area contributed by atoms with Gasteiger partial charge in [-0.15, -0.1) is 5.10 Å². The minimum atomic E-state index is -0.200. The van der Waals surface area contributed by atoms with Crippen LogP contribution in [0.2, 0.25) is 0 Å².